The van der Waals surface area contributed by atoms with Gasteiger partial charge in [0.05, 0.1) is 28.7 Å². The number of hydrogen-bond donors (Lipinski definition) is 1. The molecule has 404 valence electrons. The maximum absolute atomic E-state index is 9.68. The van der Waals surface area contributed by atoms with Crippen molar-refractivity contribution in [2.75, 3.05) is 12.5 Å². The fraction of sp³-hybridized carbons (Fsp3) is 0.0704. The summed E-state index contributed by atoms with van der Waals surface area (Å²) in [6.45, 7) is 10.2. The van der Waals surface area contributed by atoms with Crippen LogP contribution in [0.15, 0.2) is 270 Å². The van der Waals surface area contributed by atoms with Gasteiger partial charge in [-0.3, -0.25) is 0 Å². The zero-order valence-electron chi connectivity index (χ0n) is 45.7. The second kappa shape index (κ2) is 26.6. The van der Waals surface area contributed by atoms with Crippen LogP contribution >= 0.6 is 11.6 Å². The molecular weight excluding hydrogens is 1040 g/mol. The molecule has 1 N–H and O–H groups in total. The standard InChI is InChI=1S/C28H21N3O2.C26H17N3O2.C8H8.C7H8.C2H5Cl/c1-2-32-22-9-7-8-20(18-22)28-30-29-27(33-28)19-14-16-21(17-15-19)31-25-12-5-3-10-23(25)24-11-4-6-13-26(24)31;30-20-7-5-6-18(16-20)26-28-27-25(31-26)17-12-14-19(15-13-17)29-23-10-3-1-8-21(23)22-9-2-4-11-24(22)29;1-2-8-6-4-3-5-7-8;1-7-5-3-2-4-6-7;1-2-3/h3-18H,2H2,1H3;1-16,30H;2-7H,1H2;2-6H,1H3;2H2,1H3. The van der Waals surface area contributed by atoms with Crippen molar-refractivity contribution in [3.05, 3.63) is 272 Å². The molecule has 0 spiro atoms. The molecule has 0 bridgehead atoms. The average Bonchev–Trinajstić information content (AvgIpc) is 4.35. The van der Waals surface area contributed by atoms with E-state index in [1.807, 2.05) is 123 Å². The zero-order valence-corrected chi connectivity index (χ0v) is 46.4. The van der Waals surface area contributed by atoms with Crippen LogP contribution in [-0.2, 0) is 0 Å². The molecule has 0 aliphatic rings. The van der Waals surface area contributed by atoms with E-state index in [0.29, 0.717) is 35.7 Å². The number of nitrogens with zero attached hydrogens (tertiary/aromatic N) is 6. The number of benzene rings is 10. The van der Waals surface area contributed by atoms with E-state index in [-0.39, 0.29) is 5.75 Å². The number of phenols is 1. The SMILES string of the molecule is C=Cc1ccccc1.CCCl.CCOc1cccc(-c2nnc(-c3ccc(-n4c5ccccc5c5ccccc54)cc3)o2)c1.Cc1ccccc1.Oc1cccc(-c2nnc(-c3ccc(-n4c5ccccc5c5ccccc54)cc3)o2)c1. The minimum atomic E-state index is 0.160. The Labute approximate surface area is 481 Å². The number of ether oxygens (including phenoxy) is 1. The summed E-state index contributed by atoms with van der Waals surface area (Å²) >= 11 is 5.00. The van der Waals surface area contributed by atoms with E-state index in [4.69, 9.17) is 25.2 Å². The molecule has 14 aromatic rings. The molecule has 11 heteroatoms. The van der Waals surface area contributed by atoms with E-state index in [1.54, 1.807) is 18.2 Å². The summed E-state index contributed by atoms with van der Waals surface area (Å²) in [6.07, 6.45) is 1.83. The van der Waals surface area contributed by atoms with Gasteiger partial charge in [-0.25, -0.2) is 0 Å². The van der Waals surface area contributed by atoms with Gasteiger partial charge < -0.3 is 27.8 Å². The first-order valence-electron chi connectivity index (χ1n) is 27.0. The molecule has 0 fully saturated rings. The highest BCUT2D eigenvalue weighted by Crippen LogP contribution is 2.35. The molecule has 4 aromatic heterocycles. The summed E-state index contributed by atoms with van der Waals surface area (Å²) in [5.74, 6) is 3.43. The summed E-state index contributed by atoms with van der Waals surface area (Å²) in [6, 6.07) is 84.9. The Morgan fingerprint density at radius 1 is 0.439 bits per heavy atom. The van der Waals surface area contributed by atoms with Crippen molar-refractivity contribution in [2.45, 2.75) is 20.8 Å². The summed E-state index contributed by atoms with van der Waals surface area (Å²) < 4.78 is 21.9. The maximum Gasteiger partial charge on any atom is 0.248 e. The lowest BCUT2D eigenvalue weighted by molar-refractivity contribution is 0.340. The molecule has 0 atom stereocenters. The fourth-order valence-electron chi connectivity index (χ4n) is 9.47. The topological polar surface area (TPSA) is 117 Å². The maximum atomic E-state index is 9.68. The number of alkyl halides is 1. The highest BCUT2D eigenvalue weighted by molar-refractivity contribution is 6.17. The van der Waals surface area contributed by atoms with Crippen LogP contribution in [0.5, 0.6) is 11.5 Å². The van der Waals surface area contributed by atoms with Gasteiger partial charge in [-0.2, -0.15) is 0 Å². The number of fused-ring (bicyclic) bond motifs is 6. The second-order valence-electron chi connectivity index (χ2n) is 18.7. The highest BCUT2D eigenvalue weighted by atomic mass is 35.5. The number of aryl methyl sites for hydroxylation is 1. The molecule has 0 saturated carbocycles. The molecule has 82 heavy (non-hydrogen) atoms. The van der Waals surface area contributed by atoms with Gasteiger partial charge in [0.15, 0.2) is 0 Å². The van der Waals surface area contributed by atoms with E-state index in [2.05, 4.69) is 176 Å². The first-order chi connectivity index (χ1) is 40.3. The lowest BCUT2D eigenvalue weighted by Crippen LogP contribution is -1.93. The third-order valence-electron chi connectivity index (χ3n) is 13.2. The van der Waals surface area contributed by atoms with Crippen molar-refractivity contribution in [3.8, 4) is 68.7 Å². The summed E-state index contributed by atoms with van der Waals surface area (Å²) in [7, 11) is 0. The minimum Gasteiger partial charge on any atom is -0.508 e. The minimum absolute atomic E-state index is 0.160. The van der Waals surface area contributed by atoms with E-state index in [9.17, 15) is 5.11 Å². The van der Waals surface area contributed by atoms with Crippen LogP contribution in [-0.4, -0.2) is 47.1 Å². The number of para-hydroxylation sites is 4. The predicted molar refractivity (Wildman–Crippen MR) is 336 cm³/mol. The first kappa shape index (κ1) is 55.0. The number of aromatic hydroxyl groups is 1. The molecule has 4 heterocycles. The molecule has 0 aliphatic carbocycles. The molecule has 0 unspecified atom stereocenters. The highest BCUT2D eigenvalue weighted by Gasteiger charge is 2.16. The van der Waals surface area contributed by atoms with Crippen molar-refractivity contribution in [2.24, 2.45) is 0 Å². The van der Waals surface area contributed by atoms with E-state index < -0.39 is 0 Å². The molecule has 0 amide bonds. The van der Waals surface area contributed by atoms with Gasteiger partial charge in [-0.15, -0.1) is 32.0 Å². The summed E-state index contributed by atoms with van der Waals surface area (Å²) in [4.78, 5) is 0. The number of rotatable bonds is 9. The Morgan fingerprint density at radius 3 is 1.17 bits per heavy atom. The quantitative estimate of drug-likeness (QED) is 0.142. The molecule has 0 aliphatic heterocycles. The van der Waals surface area contributed by atoms with Crippen LogP contribution < -0.4 is 4.74 Å². The van der Waals surface area contributed by atoms with Crippen molar-refractivity contribution < 1.29 is 18.7 Å². The van der Waals surface area contributed by atoms with Crippen LogP contribution in [0, 0.1) is 6.92 Å². The second-order valence-corrected chi connectivity index (χ2v) is 19.2. The predicted octanol–water partition coefficient (Wildman–Crippen LogP) is 18.7. The van der Waals surface area contributed by atoms with Gasteiger partial charge >= 0.3 is 0 Å². The smallest absolute Gasteiger partial charge is 0.248 e. The number of aromatic nitrogens is 6. The van der Waals surface area contributed by atoms with Crippen molar-refractivity contribution in [1.29, 1.82) is 0 Å². The third kappa shape index (κ3) is 12.7. The third-order valence-corrected chi connectivity index (χ3v) is 13.2. The lowest BCUT2D eigenvalue weighted by Gasteiger charge is -2.08. The lowest BCUT2D eigenvalue weighted by atomic mass is 10.2. The van der Waals surface area contributed by atoms with Crippen LogP contribution in [0.3, 0.4) is 0 Å². The normalized spacial score (nSPS) is 10.6. The monoisotopic (exact) mass is 1090 g/mol. The van der Waals surface area contributed by atoms with E-state index in [1.165, 1.54) is 54.7 Å². The number of hydrogen-bond acceptors (Lipinski definition) is 8. The van der Waals surface area contributed by atoms with Gasteiger partial charge in [-0.1, -0.05) is 171 Å². The summed E-state index contributed by atoms with van der Waals surface area (Å²) in [5, 5.41) is 31.4. The Kier molecular flexibility index (Phi) is 17.8. The largest absolute Gasteiger partial charge is 0.508 e. The van der Waals surface area contributed by atoms with Crippen molar-refractivity contribution >= 4 is 61.3 Å². The van der Waals surface area contributed by atoms with E-state index in [0.717, 1.165) is 39.7 Å². The Balaban J connectivity index is 0.000000141. The van der Waals surface area contributed by atoms with Crippen molar-refractivity contribution in [3.63, 3.8) is 0 Å². The van der Waals surface area contributed by atoms with Crippen LogP contribution in [0.1, 0.15) is 25.0 Å². The Morgan fingerprint density at radius 2 is 0.805 bits per heavy atom. The van der Waals surface area contributed by atoms with Gasteiger partial charge in [0.1, 0.15) is 11.5 Å². The van der Waals surface area contributed by atoms with Gasteiger partial charge in [0.2, 0.25) is 23.6 Å². The van der Waals surface area contributed by atoms with Crippen LogP contribution in [0.2, 0.25) is 0 Å². The molecule has 10 aromatic carbocycles. The molecular formula is C71H59ClN6O4. The summed E-state index contributed by atoms with van der Waals surface area (Å²) in [5.41, 5.74) is 12.6. The van der Waals surface area contributed by atoms with Gasteiger partial charge in [0, 0.05) is 61.1 Å². The zero-order chi connectivity index (χ0) is 56.6. The fourth-order valence-corrected chi connectivity index (χ4v) is 9.47. The molecule has 14 rings (SSSR count). The average molecular weight is 1100 g/mol. The molecule has 10 nitrogen and oxygen atoms in total. The van der Waals surface area contributed by atoms with Gasteiger partial charge in [-0.05, 0) is 129 Å². The number of halogens is 1. The van der Waals surface area contributed by atoms with Crippen molar-refractivity contribution in [1.82, 2.24) is 29.5 Å². The first-order valence-corrected chi connectivity index (χ1v) is 27.5. The van der Waals surface area contributed by atoms with Crippen LogP contribution in [0.25, 0.3) is 107 Å². The molecule has 0 radical (unpaired) electrons. The Bertz CT molecular complexity index is 4230. The van der Waals surface area contributed by atoms with Gasteiger partial charge in [0.25, 0.3) is 0 Å². The van der Waals surface area contributed by atoms with E-state index >= 15 is 0 Å². The van der Waals surface area contributed by atoms with Crippen LogP contribution in [0.4, 0.5) is 0 Å². The molecule has 0 saturated heterocycles. The Hall–Kier alpha value is -10.3. The number of phenolic OH excluding ortho intramolecular Hbond substituents is 1.